The van der Waals surface area contributed by atoms with Gasteiger partial charge in [0.1, 0.15) is 11.5 Å². The monoisotopic (exact) mass is 307 g/mol. The zero-order chi connectivity index (χ0) is 15.3. The Labute approximate surface area is 121 Å². The number of halogens is 3. The predicted octanol–water partition coefficient (Wildman–Crippen LogP) is 3.14. The molecule has 0 radical (unpaired) electrons. The largest absolute Gasteiger partial charge is 0.433 e. The van der Waals surface area contributed by atoms with Crippen molar-refractivity contribution in [3.05, 3.63) is 23.4 Å². The van der Waals surface area contributed by atoms with E-state index in [0.29, 0.717) is 11.4 Å². The van der Waals surface area contributed by atoms with Gasteiger partial charge in [-0.1, -0.05) is 6.07 Å². The Morgan fingerprint density at radius 2 is 2.05 bits per heavy atom. The molecule has 1 aromatic rings. The van der Waals surface area contributed by atoms with Crippen LogP contribution in [0.5, 0.6) is 0 Å². The fourth-order valence-electron chi connectivity index (χ4n) is 1.79. The summed E-state index contributed by atoms with van der Waals surface area (Å²) in [6, 6.07) is 2.48. The highest BCUT2D eigenvalue weighted by Crippen LogP contribution is 2.31. The molecule has 0 aliphatic heterocycles. The van der Waals surface area contributed by atoms with E-state index in [4.69, 9.17) is 5.73 Å². The minimum absolute atomic E-state index is 0.101. The second-order valence-corrected chi connectivity index (χ2v) is 5.61. The van der Waals surface area contributed by atoms with Gasteiger partial charge >= 0.3 is 6.18 Å². The van der Waals surface area contributed by atoms with Crippen LogP contribution in [0.25, 0.3) is 0 Å². The number of anilines is 1. The van der Waals surface area contributed by atoms with Crippen LogP contribution in [-0.2, 0) is 12.7 Å². The van der Waals surface area contributed by atoms with Crippen LogP contribution >= 0.6 is 11.8 Å². The normalized spacial score (nSPS) is 13.3. The van der Waals surface area contributed by atoms with E-state index in [-0.39, 0.29) is 12.6 Å². The second kappa shape index (κ2) is 7.17. The third kappa shape index (κ3) is 4.28. The van der Waals surface area contributed by atoms with Crippen LogP contribution in [0.3, 0.4) is 0 Å². The smallest absolute Gasteiger partial charge is 0.357 e. The lowest BCUT2D eigenvalue weighted by Crippen LogP contribution is -2.32. The molecule has 7 heteroatoms. The summed E-state index contributed by atoms with van der Waals surface area (Å²) < 4.78 is 38.3. The predicted molar refractivity (Wildman–Crippen MR) is 78.0 cm³/mol. The van der Waals surface area contributed by atoms with E-state index in [1.54, 1.807) is 23.7 Å². The molecule has 1 aromatic heterocycles. The Hall–Kier alpha value is -0.950. The molecule has 20 heavy (non-hydrogen) atoms. The summed E-state index contributed by atoms with van der Waals surface area (Å²) in [6.07, 6.45) is -1.56. The molecule has 0 bridgehead atoms. The molecule has 0 aliphatic rings. The lowest BCUT2D eigenvalue weighted by molar-refractivity contribution is -0.141. The summed E-state index contributed by atoms with van der Waals surface area (Å²) in [4.78, 5) is 5.53. The van der Waals surface area contributed by atoms with E-state index in [1.807, 2.05) is 13.2 Å². The number of thioether (sulfide) groups is 1. The first-order valence-electron chi connectivity index (χ1n) is 6.30. The van der Waals surface area contributed by atoms with Gasteiger partial charge < -0.3 is 10.6 Å². The van der Waals surface area contributed by atoms with Crippen molar-refractivity contribution >= 4 is 17.6 Å². The summed E-state index contributed by atoms with van der Waals surface area (Å²) >= 11 is 1.71. The van der Waals surface area contributed by atoms with Gasteiger partial charge in [0.15, 0.2) is 0 Å². The van der Waals surface area contributed by atoms with Crippen molar-refractivity contribution in [1.82, 2.24) is 4.98 Å². The Balaban J connectivity index is 3.07. The molecule has 1 rings (SSSR count). The minimum atomic E-state index is -4.44. The van der Waals surface area contributed by atoms with Crippen molar-refractivity contribution in [2.75, 3.05) is 24.0 Å². The van der Waals surface area contributed by atoms with E-state index in [0.717, 1.165) is 18.2 Å². The summed E-state index contributed by atoms with van der Waals surface area (Å²) in [5.41, 5.74) is 5.34. The molecule has 0 amide bonds. The summed E-state index contributed by atoms with van der Waals surface area (Å²) in [7, 11) is 1.76. The van der Waals surface area contributed by atoms with Crippen LogP contribution < -0.4 is 10.6 Å². The Kier molecular flexibility index (Phi) is 6.13. The second-order valence-electron chi connectivity index (χ2n) is 4.62. The highest BCUT2D eigenvalue weighted by Gasteiger charge is 2.33. The summed E-state index contributed by atoms with van der Waals surface area (Å²) in [5, 5.41) is 0. The van der Waals surface area contributed by atoms with Gasteiger partial charge in [0.25, 0.3) is 0 Å². The molecule has 0 aliphatic carbocycles. The average Bonchev–Trinajstić information content (AvgIpc) is 2.42. The molecule has 0 fully saturated rings. The van der Waals surface area contributed by atoms with E-state index >= 15 is 0 Å². The van der Waals surface area contributed by atoms with E-state index < -0.39 is 11.9 Å². The number of hydrogen-bond acceptors (Lipinski definition) is 4. The van der Waals surface area contributed by atoms with E-state index in [9.17, 15) is 13.2 Å². The van der Waals surface area contributed by atoms with Crippen LogP contribution in [0, 0.1) is 0 Å². The molecule has 1 heterocycles. The van der Waals surface area contributed by atoms with Crippen LogP contribution in [0.15, 0.2) is 12.1 Å². The summed E-state index contributed by atoms with van der Waals surface area (Å²) in [5.74, 6) is 1.26. The van der Waals surface area contributed by atoms with Crippen molar-refractivity contribution in [2.24, 2.45) is 5.73 Å². The lowest BCUT2D eigenvalue weighted by atomic mass is 10.1. The zero-order valence-corrected chi connectivity index (χ0v) is 12.7. The van der Waals surface area contributed by atoms with Crippen LogP contribution in [0.2, 0.25) is 0 Å². The van der Waals surface area contributed by atoms with Crippen molar-refractivity contribution in [3.8, 4) is 0 Å². The first-order valence-corrected chi connectivity index (χ1v) is 7.69. The van der Waals surface area contributed by atoms with Crippen molar-refractivity contribution in [3.63, 3.8) is 0 Å². The molecule has 0 spiro atoms. The topological polar surface area (TPSA) is 42.2 Å². The number of nitrogens with zero attached hydrogens (tertiary/aromatic N) is 2. The lowest BCUT2D eigenvalue weighted by Gasteiger charge is -2.28. The van der Waals surface area contributed by atoms with Crippen LogP contribution in [0.4, 0.5) is 19.0 Å². The van der Waals surface area contributed by atoms with E-state index in [2.05, 4.69) is 4.98 Å². The van der Waals surface area contributed by atoms with Crippen molar-refractivity contribution in [1.29, 1.82) is 0 Å². The molecular formula is C13H20F3N3S. The quantitative estimate of drug-likeness (QED) is 0.877. The third-order valence-electron chi connectivity index (χ3n) is 3.20. The maximum Gasteiger partial charge on any atom is 0.433 e. The third-order valence-corrected chi connectivity index (χ3v) is 3.85. The number of rotatable bonds is 6. The molecule has 0 aromatic carbocycles. The SMILES string of the molecule is CSCCC(C)N(C)c1nc(C(F)(F)F)ccc1CN. The highest BCUT2D eigenvalue weighted by atomic mass is 32.2. The number of hydrogen-bond donors (Lipinski definition) is 1. The Morgan fingerprint density at radius 3 is 2.55 bits per heavy atom. The molecule has 114 valence electrons. The number of alkyl halides is 3. The standard InChI is InChI=1S/C13H20F3N3S/c1-9(6-7-20-3)19(2)12-10(8-17)4-5-11(18-12)13(14,15)16/h4-5,9H,6-8,17H2,1-3H3. The van der Waals surface area contributed by atoms with Crippen LogP contribution in [-0.4, -0.2) is 30.1 Å². The Morgan fingerprint density at radius 1 is 1.40 bits per heavy atom. The van der Waals surface area contributed by atoms with Crippen LogP contribution in [0.1, 0.15) is 24.6 Å². The maximum atomic E-state index is 12.8. The number of aromatic nitrogens is 1. The maximum absolute atomic E-state index is 12.8. The van der Waals surface area contributed by atoms with Gasteiger partial charge in [0, 0.05) is 25.2 Å². The van der Waals surface area contributed by atoms with Gasteiger partial charge in [-0.25, -0.2) is 4.98 Å². The van der Waals surface area contributed by atoms with Gasteiger partial charge in [-0.15, -0.1) is 0 Å². The first-order chi connectivity index (χ1) is 9.31. The fourth-order valence-corrected chi connectivity index (χ4v) is 2.37. The van der Waals surface area contributed by atoms with Gasteiger partial charge in [-0.3, -0.25) is 0 Å². The molecule has 1 unspecified atom stereocenters. The molecule has 0 saturated carbocycles. The van der Waals surface area contributed by atoms with Crippen molar-refractivity contribution in [2.45, 2.75) is 32.1 Å². The zero-order valence-electron chi connectivity index (χ0n) is 11.9. The number of pyridine rings is 1. The van der Waals surface area contributed by atoms with E-state index in [1.165, 1.54) is 6.07 Å². The minimum Gasteiger partial charge on any atom is -0.357 e. The van der Waals surface area contributed by atoms with Gasteiger partial charge in [-0.2, -0.15) is 24.9 Å². The fraction of sp³-hybridized carbons (Fsp3) is 0.615. The molecule has 1 atom stereocenters. The summed E-state index contributed by atoms with van der Waals surface area (Å²) in [6.45, 7) is 2.14. The van der Waals surface area contributed by atoms with Crippen molar-refractivity contribution < 1.29 is 13.2 Å². The molecule has 3 nitrogen and oxygen atoms in total. The Bertz CT molecular complexity index is 437. The molecule has 0 saturated heterocycles. The first kappa shape index (κ1) is 17.1. The highest BCUT2D eigenvalue weighted by molar-refractivity contribution is 7.98. The van der Waals surface area contributed by atoms with Gasteiger partial charge in [0.2, 0.25) is 0 Å². The molecular weight excluding hydrogens is 287 g/mol. The van der Waals surface area contributed by atoms with Gasteiger partial charge in [-0.05, 0) is 31.4 Å². The number of nitrogens with two attached hydrogens (primary N) is 1. The van der Waals surface area contributed by atoms with Gasteiger partial charge in [0.05, 0.1) is 0 Å². The molecule has 2 N–H and O–H groups in total. The average molecular weight is 307 g/mol.